The highest BCUT2D eigenvalue weighted by atomic mass is 32.2. The van der Waals surface area contributed by atoms with Gasteiger partial charge in [-0.3, -0.25) is 0 Å². The third-order valence-electron chi connectivity index (χ3n) is 5.79. The summed E-state index contributed by atoms with van der Waals surface area (Å²) in [5.41, 5.74) is 0. The van der Waals surface area contributed by atoms with E-state index in [0.717, 1.165) is 50.9 Å². The SMILES string of the molecule is CCN(CCO)CCCCO[C@H]1CC[C@H](N(C)S(=O)(=O)c2ccc(F)cc2F)CC1. The summed E-state index contributed by atoms with van der Waals surface area (Å²) >= 11 is 0. The lowest BCUT2D eigenvalue weighted by Crippen LogP contribution is -2.41. The molecular weight excluding hydrogens is 414 g/mol. The number of sulfonamides is 1. The second-order valence-corrected chi connectivity index (χ2v) is 9.73. The molecule has 0 unspecified atom stereocenters. The van der Waals surface area contributed by atoms with Gasteiger partial charge in [0, 0.05) is 32.3 Å². The molecule has 0 saturated heterocycles. The second kappa shape index (κ2) is 12.0. The Kier molecular flexibility index (Phi) is 10.1. The predicted octanol–water partition coefficient (Wildman–Crippen LogP) is 3.01. The topological polar surface area (TPSA) is 70.1 Å². The number of likely N-dealkylation sites (N-methyl/N-ethyl adjacent to an activating group) is 1. The first-order valence-electron chi connectivity index (χ1n) is 10.7. The summed E-state index contributed by atoms with van der Waals surface area (Å²) in [5.74, 6) is -1.87. The maximum Gasteiger partial charge on any atom is 0.245 e. The van der Waals surface area contributed by atoms with Crippen LogP contribution in [0.2, 0.25) is 0 Å². The van der Waals surface area contributed by atoms with Crippen LogP contribution in [0.4, 0.5) is 8.78 Å². The van der Waals surface area contributed by atoms with Gasteiger partial charge in [0.2, 0.25) is 10.0 Å². The van der Waals surface area contributed by atoms with Crippen LogP contribution in [0.15, 0.2) is 23.1 Å². The largest absolute Gasteiger partial charge is 0.395 e. The van der Waals surface area contributed by atoms with E-state index >= 15 is 0 Å². The van der Waals surface area contributed by atoms with Gasteiger partial charge < -0.3 is 14.7 Å². The van der Waals surface area contributed by atoms with Gasteiger partial charge in [-0.25, -0.2) is 17.2 Å². The molecule has 30 heavy (non-hydrogen) atoms. The van der Waals surface area contributed by atoms with E-state index in [-0.39, 0.29) is 18.8 Å². The molecule has 172 valence electrons. The lowest BCUT2D eigenvalue weighted by atomic mass is 9.93. The van der Waals surface area contributed by atoms with Crippen LogP contribution in [0.1, 0.15) is 45.4 Å². The molecule has 1 saturated carbocycles. The Bertz CT molecular complexity index is 755. The number of hydrogen-bond acceptors (Lipinski definition) is 5. The van der Waals surface area contributed by atoms with Crippen molar-refractivity contribution in [1.29, 1.82) is 0 Å². The average molecular weight is 449 g/mol. The molecule has 0 spiro atoms. The Morgan fingerprint density at radius 1 is 1.13 bits per heavy atom. The zero-order chi connectivity index (χ0) is 22.1. The number of halogens is 2. The predicted molar refractivity (Wildman–Crippen MR) is 112 cm³/mol. The molecule has 0 aromatic heterocycles. The Balaban J connectivity index is 1.75. The Morgan fingerprint density at radius 3 is 2.43 bits per heavy atom. The summed E-state index contributed by atoms with van der Waals surface area (Å²) in [5, 5.41) is 9.00. The molecular formula is C21H34F2N2O4S. The molecule has 1 aromatic carbocycles. The van der Waals surface area contributed by atoms with E-state index < -0.39 is 26.6 Å². The first kappa shape index (κ1) is 25.1. The lowest BCUT2D eigenvalue weighted by molar-refractivity contribution is 0.0150. The molecule has 0 bridgehead atoms. The normalized spacial score (nSPS) is 20.2. The number of unbranched alkanes of at least 4 members (excludes halogenated alkanes) is 1. The number of aliphatic hydroxyl groups excluding tert-OH is 1. The third kappa shape index (κ3) is 6.95. The summed E-state index contributed by atoms with van der Waals surface area (Å²) in [7, 11) is -2.56. The van der Waals surface area contributed by atoms with E-state index in [2.05, 4.69) is 11.8 Å². The summed E-state index contributed by atoms with van der Waals surface area (Å²) in [4.78, 5) is 1.71. The van der Waals surface area contributed by atoms with Crippen molar-refractivity contribution in [3.05, 3.63) is 29.8 Å². The van der Waals surface area contributed by atoms with E-state index in [9.17, 15) is 17.2 Å². The fourth-order valence-electron chi connectivity index (χ4n) is 3.87. The lowest BCUT2D eigenvalue weighted by Gasteiger charge is -2.34. The maximum absolute atomic E-state index is 14.0. The molecule has 0 heterocycles. The van der Waals surface area contributed by atoms with Crippen LogP contribution in [0.25, 0.3) is 0 Å². The van der Waals surface area contributed by atoms with Crippen LogP contribution in [-0.4, -0.2) is 74.8 Å². The number of hydrogen-bond donors (Lipinski definition) is 1. The minimum atomic E-state index is -4.01. The van der Waals surface area contributed by atoms with E-state index in [4.69, 9.17) is 9.84 Å². The summed E-state index contributed by atoms with van der Waals surface area (Å²) in [6.07, 6.45) is 4.85. The maximum atomic E-state index is 14.0. The number of ether oxygens (including phenoxy) is 1. The fraction of sp³-hybridized carbons (Fsp3) is 0.714. The van der Waals surface area contributed by atoms with Gasteiger partial charge in [-0.2, -0.15) is 4.31 Å². The van der Waals surface area contributed by atoms with Gasteiger partial charge in [0.15, 0.2) is 0 Å². The number of rotatable bonds is 12. The van der Waals surface area contributed by atoms with Crippen LogP contribution >= 0.6 is 0 Å². The highest BCUT2D eigenvalue weighted by molar-refractivity contribution is 7.89. The van der Waals surface area contributed by atoms with Gasteiger partial charge in [0.05, 0.1) is 12.7 Å². The van der Waals surface area contributed by atoms with Gasteiger partial charge >= 0.3 is 0 Å². The first-order chi connectivity index (χ1) is 14.3. The zero-order valence-corrected chi connectivity index (χ0v) is 18.7. The number of nitrogens with zero attached hydrogens (tertiary/aromatic N) is 2. The van der Waals surface area contributed by atoms with E-state index in [1.54, 1.807) is 0 Å². The minimum absolute atomic E-state index is 0.111. The molecule has 0 aliphatic heterocycles. The highest BCUT2D eigenvalue weighted by Crippen LogP contribution is 2.29. The van der Waals surface area contributed by atoms with Crippen LogP contribution in [0.3, 0.4) is 0 Å². The molecule has 0 amide bonds. The van der Waals surface area contributed by atoms with Crippen molar-refractivity contribution in [2.75, 3.05) is 39.9 Å². The zero-order valence-electron chi connectivity index (χ0n) is 17.9. The smallest absolute Gasteiger partial charge is 0.245 e. The standard InChI is InChI=1S/C21H34F2N2O4S/c1-3-25(13-14-26)12-4-5-15-29-19-9-7-18(8-10-19)24(2)30(27,28)21-11-6-17(22)16-20(21)23/h6,11,16,18-19,26H,3-5,7-10,12-15H2,1-2H3/t18-,19-. The van der Waals surface area contributed by atoms with Crippen LogP contribution in [0, 0.1) is 11.6 Å². The molecule has 2 rings (SSSR count). The van der Waals surface area contributed by atoms with Crippen LogP contribution < -0.4 is 0 Å². The van der Waals surface area contributed by atoms with Crippen LogP contribution in [-0.2, 0) is 14.8 Å². The first-order valence-corrected chi connectivity index (χ1v) is 12.1. The monoisotopic (exact) mass is 448 g/mol. The van der Waals surface area contributed by atoms with Gasteiger partial charge in [0.1, 0.15) is 16.5 Å². The molecule has 0 radical (unpaired) electrons. The molecule has 1 fully saturated rings. The second-order valence-electron chi connectivity index (χ2n) is 7.76. The van der Waals surface area contributed by atoms with Crippen molar-refractivity contribution in [1.82, 2.24) is 9.21 Å². The van der Waals surface area contributed by atoms with Crippen molar-refractivity contribution in [3.8, 4) is 0 Å². The van der Waals surface area contributed by atoms with Gasteiger partial charge in [-0.05, 0) is 63.7 Å². The van der Waals surface area contributed by atoms with Gasteiger partial charge in [-0.15, -0.1) is 0 Å². The molecule has 0 atom stereocenters. The average Bonchev–Trinajstić information content (AvgIpc) is 2.72. The summed E-state index contributed by atoms with van der Waals surface area (Å²) < 4.78 is 59.7. The number of aliphatic hydroxyl groups is 1. The molecule has 1 aromatic rings. The molecule has 1 aliphatic rings. The summed E-state index contributed by atoms with van der Waals surface area (Å²) in [6, 6.07) is 2.30. The van der Waals surface area contributed by atoms with E-state index in [1.165, 1.54) is 11.4 Å². The van der Waals surface area contributed by atoms with Crippen molar-refractivity contribution in [2.45, 2.75) is 62.5 Å². The quantitative estimate of drug-likeness (QED) is 0.498. The molecule has 9 heteroatoms. The molecule has 1 aliphatic carbocycles. The molecule has 1 N–H and O–H groups in total. The highest BCUT2D eigenvalue weighted by Gasteiger charge is 2.33. The Morgan fingerprint density at radius 2 is 1.83 bits per heavy atom. The van der Waals surface area contributed by atoms with Crippen molar-refractivity contribution >= 4 is 10.0 Å². The number of benzene rings is 1. The van der Waals surface area contributed by atoms with E-state index in [1.807, 2.05) is 0 Å². The van der Waals surface area contributed by atoms with Crippen LogP contribution in [0.5, 0.6) is 0 Å². The third-order valence-corrected chi connectivity index (χ3v) is 7.74. The Labute approximate surface area is 178 Å². The fourth-order valence-corrected chi connectivity index (χ4v) is 5.33. The van der Waals surface area contributed by atoms with Crippen molar-refractivity contribution < 1.29 is 27.0 Å². The van der Waals surface area contributed by atoms with Crippen molar-refractivity contribution in [2.24, 2.45) is 0 Å². The van der Waals surface area contributed by atoms with Gasteiger partial charge in [0.25, 0.3) is 0 Å². The summed E-state index contributed by atoms with van der Waals surface area (Å²) in [6.45, 7) is 5.47. The molecule has 6 nitrogen and oxygen atoms in total. The van der Waals surface area contributed by atoms with Crippen molar-refractivity contribution in [3.63, 3.8) is 0 Å². The minimum Gasteiger partial charge on any atom is -0.395 e. The van der Waals surface area contributed by atoms with E-state index in [0.29, 0.717) is 32.1 Å². The Hall–Kier alpha value is -1.13. The van der Waals surface area contributed by atoms with Gasteiger partial charge in [-0.1, -0.05) is 6.92 Å².